The second-order valence-electron chi connectivity index (χ2n) is 6.62. The van der Waals surface area contributed by atoms with Gasteiger partial charge in [-0.2, -0.15) is 0 Å². The molecule has 0 atom stereocenters. The van der Waals surface area contributed by atoms with E-state index in [2.05, 4.69) is 10.3 Å². The molecular weight excluding hydrogens is 315 g/mol. The Morgan fingerprint density at radius 3 is 2.84 bits per heavy atom. The first-order valence-corrected chi connectivity index (χ1v) is 8.11. The molecule has 0 spiro atoms. The van der Waals surface area contributed by atoms with Crippen LogP contribution in [-0.2, 0) is 10.3 Å². The standard InChI is InChI=1S/C19H17BN2O3/c1-19(2)15-9-8-13(11-16(15)20(24)25-19)22-18(23)14-7-3-5-12-6-4-10-21-17(12)14/h3-11,24H,1-2H3,(H,22,23). The van der Waals surface area contributed by atoms with E-state index in [-0.39, 0.29) is 5.91 Å². The number of para-hydroxylation sites is 1. The summed E-state index contributed by atoms with van der Waals surface area (Å²) in [6.07, 6.45) is 1.67. The van der Waals surface area contributed by atoms with Crippen molar-refractivity contribution in [1.29, 1.82) is 0 Å². The van der Waals surface area contributed by atoms with E-state index in [1.54, 1.807) is 18.3 Å². The molecule has 4 rings (SSSR count). The van der Waals surface area contributed by atoms with Gasteiger partial charge in [0.05, 0.1) is 16.7 Å². The molecule has 2 N–H and O–H groups in total. The zero-order valence-corrected chi connectivity index (χ0v) is 14.0. The third-order valence-corrected chi connectivity index (χ3v) is 4.51. The fourth-order valence-corrected chi connectivity index (χ4v) is 3.28. The summed E-state index contributed by atoms with van der Waals surface area (Å²) in [4.78, 5) is 17.0. The highest BCUT2D eigenvalue weighted by Crippen LogP contribution is 2.30. The number of rotatable bonds is 2. The SMILES string of the molecule is CC1(C)OB(O)c2cc(NC(=O)c3cccc4cccnc34)ccc21. The van der Waals surface area contributed by atoms with Gasteiger partial charge in [0, 0.05) is 17.3 Å². The monoisotopic (exact) mass is 332 g/mol. The van der Waals surface area contributed by atoms with E-state index in [0.29, 0.717) is 22.2 Å². The molecule has 1 amide bonds. The first-order chi connectivity index (χ1) is 12.0. The van der Waals surface area contributed by atoms with E-state index in [1.807, 2.05) is 50.2 Å². The minimum atomic E-state index is -0.985. The molecule has 0 bridgehead atoms. The predicted molar refractivity (Wildman–Crippen MR) is 97.9 cm³/mol. The first kappa shape index (κ1) is 15.8. The van der Waals surface area contributed by atoms with Crippen molar-refractivity contribution >= 4 is 35.1 Å². The molecule has 0 fully saturated rings. The normalized spacial score (nSPS) is 15.2. The first-order valence-electron chi connectivity index (χ1n) is 8.11. The Bertz CT molecular complexity index is 982. The molecule has 1 aromatic heterocycles. The van der Waals surface area contributed by atoms with Gasteiger partial charge in [0.2, 0.25) is 0 Å². The maximum Gasteiger partial charge on any atom is 0.492 e. The van der Waals surface area contributed by atoms with Crippen LogP contribution in [0.1, 0.15) is 29.8 Å². The molecule has 0 saturated heterocycles. The summed E-state index contributed by atoms with van der Waals surface area (Å²) in [6, 6.07) is 14.7. The summed E-state index contributed by atoms with van der Waals surface area (Å²) in [5.41, 5.74) is 2.83. The van der Waals surface area contributed by atoms with Crippen molar-refractivity contribution in [2.45, 2.75) is 19.4 Å². The number of aromatic nitrogens is 1. The molecule has 3 aromatic rings. The van der Waals surface area contributed by atoms with Crippen molar-refractivity contribution in [1.82, 2.24) is 4.98 Å². The lowest BCUT2D eigenvalue weighted by Gasteiger charge is -2.19. The lowest BCUT2D eigenvalue weighted by atomic mass is 9.78. The molecule has 2 aromatic carbocycles. The number of hydrogen-bond donors (Lipinski definition) is 2. The van der Waals surface area contributed by atoms with Crippen LogP contribution in [0.4, 0.5) is 5.69 Å². The van der Waals surface area contributed by atoms with Crippen LogP contribution in [-0.4, -0.2) is 23.0 Å². The highest BCUT2D eigenvalue weighted by molar-refractivity contribution is 6.62. The molecule has 25 heavy (non-hydrogen) atoms. The van der Waals surface area contributed by atoms with Crippen molar-refractivity contribution in [3.05, 3.63) is 65.9 Å². The number of nitrogens with one attached hydrogen (secondary N) is 1. The Morgan fingerprint density at radius 2 is 2.00 bits per heavy atom. The lowest BCUT2D eigenvalue weighted by molar-refractivity contribution is 0.101. The van der Waals surface area contributed by atoms with Gasteiger partial charge in [-0.05, 0) is 49.1 Å². The second kappa shape index (κ2) is 5.69. The highest BCUT2D eigenvalue weighted by atomic mass is 16.5. The largest absolute Gasteiger partial charge is 0.492 e. The smallest absolute Gasteiger partial charge is 0.423 e. The van der Waals surface area contributed by atoms with Crippen LogP contribution >= 0.6 is 0 Å². The Labute approximate surface area is 145 Å². The molecule has 124 valence electrons. The molecule has 6 heteroatoms. The number of nitrogens with zero attached hydrogens (tertiary/aromatic N) is 1. The Hall–Kier alpha value is -2.70. The van der Waals surface area contributed by atoms with Gasteiger partial charge in [0.15, 0.2) is 0 Å². The zero-order chi connectivity index (χ0) is 17.6. The topological polar surface area (TPSA) is 71.5 Å². The fourth-order valence-electron chi connectivity index (χ4n) is 3.28. The van der Waals surface area contributed by atoms with Crippen LogP contribution in [0.3, 0.4) is 0 Å². The van der Waals surface area contributed by atoms with Gasteiger partial charge in [-0.3, -0.25) is 9.78 Å². The molecule has 0 radical (unpaired) electrons. The van der Waals surface area contributed by atoms with Crippen LogP contribution in [0, 0.1) is 0 Å². The number of carbonyl (C=O) groups excluding carboxylic acids is 1. The summed E-state index contributed by atoms with van der Waals surface area (Å²) >= 11 is 0. The minimum absolute atomic E-state index is 0.239. The summed E-state index contributed by atoms with van der Waals surface area (Å²) in [5, 5.41) is 13.9. The Kier molecular flexibility index (Phi) is 3.60. The number of fused-ring (bicyclic) bond motifs is 2. The molecule has 5 nitrogen and oxygen atoms in total. The van der Waals surface area contributed by atoms with Crippen LogP contribution in [0.2, 0.25) is 0 Å². The third-order valence-electron chi connectivity index (χ3n) is 4.51. The summed E-state index contributed by atoms with van der Waals surface area (Å²) in [6.45, 7) is 3.81. The molecule has 1 aliphatic heterocycles. The van der Waals surface area contributed by atoms with Crippen molar-refractivity contribution in [2.24, 2.45) is 0 Å². The van der Waals surface area contributed by atoms with Gasteiger partial charge in [0.25, 0.3) is 5.91 Å². The predicted octanol–water partition coefficient (Wildman–Crippen LogP) is 2.44. The van der Waals surface area contributed by atoms with Crippen LogP contribution in [0.15, 0.2) is 54.7 Å². The van der Waals surface area contributed by atoms with E-state index < -0.39 is 12.7 Å². The zero-order valence-electron chi connectivity index (χ0n) is 14.0. The summed E-state index contributed by atoms with van der Waals surface area (Å²) in [5.74, 6) is -0.239. The average molecular weight is 332 g/mol. The molecular formula is C19H17BN2O3. The molecule has 1 aliphatic rings. The summed E-state index contributed by atoms with van der Waals surface area (Å²) < 4.78 is 5.55. The van der Waals surface area contributed by atoms with Crippen LogP contribution in [0.25, 0.3) is 10.9 Å². The number of hydrogen-bond acceptors (Lipinski definition) is 4. The second-order valence-corrected chi connectivity index (χ2v) is 6.62. The highest BCUT2D eigenvalue weighted by Gasteiger charge is 2.40. The van der Waals surface area contributed by atoms with Crippen molar-refractivity contribution in [3.63, 3.8) is 0 Å². The number of pyridine rings is 1. The summed E-state index contributed by atoms with van der Waals surface area (Å²) in [7, 11) is -0.985. The number of benzene rings is 2. The molecule has 0 unspecified atom stereocenters. The number of anilines is 1. The Morgan fingerprint density at radius 1 is 1.20 bits per heavy atom. The van der Waals surface area contributed by atoms with Gasteiger partial charge in [0.1, 0.15) is 0 Å². The fraction of sp³-hybridized carbons (Fsp3) is 0.158. The maximum absolute atomic E-state index is 12.7. The van der Waals surface area contributed by atoms with E-state index >= 15 is 0 Å². The third kappa shape index (κ3) is 2.69. The van der Waals surface area contributed by atoms with Crippen molar-refractivity contribution in [3.8, 4) is 0 Å². The minimum Gasteiger partial charge on any atom is -0.423 e. The Balaban J connectivity index is 1.67. The van der Waals surface area contributed by atoms with Gasteiger partial charge in [-0.25, -0.2) is 0 Å². The van der Waals surface area contributed by atoms with Gasteiger partial charge in [-0.1, -0.05) is 24.3 Å². The molecule has 0 saturated carbocycles. The van der Waals surface area contributed by atoms with Crippen LogP contribution in [0.5, 0.6) is 0 Å². The molecule has 0 aliphatic carbocycles. The molecule has 2 heterocycles. The van der Waals surface area contributed by atoms with Crippen molar-refractivity contribution in [2.75, 3.05) is 5.32 Å². The lowest BCUT2D eigenvalue weighted by Crippen LogP contribution is -2.29. The maximum atomic E-state index is 12.7. The number of amides is 1. The van der Waals surface area contributed by atoms with E-state index in [0.717, 1.165) is 10.9 Å². The van der Waals surface area contributed by atoms with Gasteiger partial charge in [-0.15, -0.1) is 0 Å². The van der Waals surface area contributed by atoms with E-state index in [1.165, 1.54) is 0 Å². The van der Waals surface area contributed by atoms with Gasteiger partial charge < -0.3 is 15.0 Å². The average Bonchev–Trinajstić information content (AvgIpc) is 2.83. The van der Waals surface area contributed by atoms with Crippen molar-refractivity contribution < 1.29 is 14.5 Å². The quantitative estimate of drug-likeness (QED) is 0.707. The van der Waals surface area contributed by atoms with Crippen LogP contribution < -0.4 is 10.8 Å². The number of carbonyl (C=O) groups is 1. The van der Waals surface area contributed by atoms with Gasteiger partial charge >= 0.3 is 7.12 Å². The van der Waals surface area contributed by atoms with E-state index in [4.69, 9.17) is 4.65 Å². The van der Waals surface area contributed by atoms with E-state index in [9.17, 15) is 9.82 Å².